The lowest BCUT2D eigenvalue weighted by Crippen LogP contribution is -2.08. The number of benzene rings is 1. The summed E-state index contributed by atoms with van der Waals surface area (Å²) in [6.45, 7) is 3.15. The van der Waals surface area contributed by atoms with Gasteiger partial charge in [0.25, 0.3) is 0 Å². The fourth-order valence-electron chi connectivity index (χ4n) is 1.56. The Morgan fingerprint density at radius 1 is 1.44 bits per heavy atom. The van der Waals surface area contributed by atoms with E-state index in [1.807, 2.05) is 6.92 Å². The molecule has 0 spiro atoms. The van der Waals surface area contributed by atoms with Crippen LogP contribution in [-0.2, 0) is 16.3 Å². The highest BCUT2D eigenvalue weighted by Crippen LogP contribution is 2.27. The second kappa shape index (κ2) is 4.51. The van der Waals surface area contributed by atoms with Gasteiger partial charge in [0.1, 0.15) is 5.82 Å². The fourth-order valence-corrected chi connectivity index (χ4v) is 2.60. The maximum absolute atomic E-state index is 13.7. The van der Waals surface area contributed by atoms with E-state index in [1.165, 1.54) is 19.1 Å². The number of rotatable bonds is 3. The third-order valence-corrected chi connectivity index (χ3v) is 3.51. The average molecular weight is 246 g/mol. The van der Waals surface area contributed by atoms with E-state index in [0.29, 0.717) is 12.0 Å². The molecule has 0 aromatic heterocycles. The van der Waals surface area contributed by atoms with Gasteiger partial charge in [-0.2, -0.15) is 0 Å². The van der Waals surface area contributed by atoms with Crippen LogP contribution >= 0.6 is 0 Å². The molecular weight excluding hydrogens is 231 g/mol. The molecule has 0 radical (unpaired) electrons. The van der Waals surface area contributed by atoms with Crippen LogP contribution in [0.3, 0.4) is 0 Å². The van der Waals surface area contributed by atoms with Gasteiger partial charge in [-0.25, -0.2) is 12.8 Å². The number of hydrogen-bond donors (Lipinski definition) is 1. The van der Waals surface area contributed by atoms with E-state index >= 15 is 0 Å². The quantitative estimate of drug-likeness (QED) is 0.885. The Morgan fingerprint density at radius 2 is 2.00 bits per heavy atom. The van der Waals surface area contributed by atoms with Gasteiger partial charge in [-0.05, 0) is 31.0 Å². The molecule has 1 aromatic rings. The summed E-state index contributed by atoms with van der Waals surface area (Å²) in [4.78, 5) is -0.126. The lowest BCUT2D eigenvalue weighted by Gasteiger charge is -2.13. The summed E-state index contributed by atoms with van der Waals surface area (Å²) in [6, 6.07) is 2.68. The van der Waals surface area contributed by atoms with Gasteiger partial charge in [0.2, 0.25) is 0 Å². The highest BCUT2D eigenvalue weighted by Gasteiger charge is 2.21. The Balaban J connectivity index is 3.60. The summed E-state index contributed by atoms with van der Waals surface area (Å²) < 4.78 is 36.7. The molecule has 0 heterocycles. The smallest absolute Gasteiger partial charge is 0.176 e. The third kappa shape index (κ3) is 2.59. The van der Waals surface area contributed by atoms with E-state index in [9.17, 15) is 17.9 Å². The van der Waals surface area contributed by atoms with Crippen LogP contribution in [-0.4, -0.2) is 19.8 Å². The van der Waals surface area contributed by atoms with Gasteiger partial charge in [-0.15, -0.1) is 0 Å². The van der Waals surface area contributed by atoms with Crippen molar-refractivity contribution in [2.75, 3.05) is 6.26 Å². The maximum Gasteiger partial charge on any atom is 0.176 e. The summed E-state index contributed by atoms with van der Waals surface area (Å²) in [5.41, 5.74) is 0.446. The highest BCUT2D eigenvalue weighted by atomic mass is 32.2. The fraction of sp³-hybridized carbons (Fsp3) is 0.455. The van der Waals surface area contributed by atoms with E-state index in [0.717, 1.165) is 6.26 Å². The van der Waals surface area contributed by atoms with E-state index in [2.05, 4.69) is 0 Å². The molecule has 5 heteroatoms. The summed E-state index contributed by atoms with van der Waals surface area (Å²) in [7, 11) is -3.53. The van der Waals surface area contributed by atoms with Crippen molar-refractivity contribution in [3.8, 4) is 0 Å². The van der Waals surface area contributed by atoms with Crippen molar-refractivity contribution in [1.29, 1.82) is 0 Å². The zero-order chi connectivity index (χ0) is 12.5. The van der Waals surface area contributed by atoms with Crippen molar-refractivity contribution < 1.29 is 17.9 Å². The number of aryl methyl sites for hydroxylation is 1. The Bertz CT molecular complexity index is 492. The molecule has 16 heavy (non-hydrogen) atoms. The molecule has 0 aliphatic rings. The number of aliphatic hydroxyl groups is 1. The molecule has 1 N–H and O–H groups in total. The molecular formula is C11H15FO3S. The van der Waals surface area contributed by atoms with Crippen LogP contribution in [0.2, 0.25) is 0 Å². The summed E-state index contributed by atoms with van der Waals surface area (Å²) in [5, 5.41) is 9.41. The molecule has 3 nitrogen and oxygen atoms in total. The zero-order valence-corrected chi connectivity index (χ0v) is 10.3. The normalized spacial score (nSPS) is 13.8. The molecule has 1 rings (SSSR count). The second-order valence-corrected chi connectivity index (χ2v) is 5.78. The SMILES string of the molecule is CCc1cc(F)c(C(C)O)c(S(C)(=O)=O)c1. The van der Waals surface area contributed by atoms with Crippen molar-refractivity contribution in [3.63, 3.8) is 0 Å². The molecule has 1 unspecified atom stereocenters. The summed E-state index contributed by atoms with van der Waals surface area (Å²) in [5.74, 6) is -0.672. The predicted octanol–water partition coefficient (Wildman–Crippen LogP) is 1.84. The molecule has 0 saturated carbocycles. The molecule has 0 fully saturated rings. The molecule has 0 aliphatic heterocycles. The van der Waals surface area contributed by atoms with E-state index < -0.39 is 21.8 Å². The van der Waals surface area contributed by atoms with Crippen LogP contribution in [0.5, 0.6) is 0 Å². The van der Waals surface area contributed by atoms with Gasteiger partial charge in [-0.3, -0.25) is 0 Å². The molecule has 90 valence electrons. The molecule has 0 aliphatic carbocycles. The van der Waals surface area contributed by atoms with Crippen LogP contribution in [0.4, 0.5) is 4.39 Å². The van der Waals surface area contributed by atoms with E-state index in [4.69, 9.17) is 0 Å². The van der Waals surface area contributed by atoms with Crippen molar-refractivity contribution in [3.05, 3.63) is 29.1 Å². The van der Waals surface area contributed by atoms with Gasteiger partial charge in [0, 0.05) is 11.8 Å². The number of halogens is 1. The van der Waals surface area contributed by atoms with Crippen LogP contribution in [0, 0.1) is 5.82 Å². The molecule has 0 saturated heterocycles. The summed E-state index contributed by atoms with van der Waals surface area (Å²) >= 11 is 0. The molecule has 1 aromatic carbocycles. The standard InChI is InChI=1S/C11H15FO3S/c1-4-8-5-9(12)11(7(2)13)10(6-8)16(3,14)15/h5-7,13H,4H2,1-3H3. The van der Waals surface area contributed by atoms with Gasteiger partial charge in [0.05, 0.1) is 11.0 Å². The molecule has 0 bridgehead atoms. The topological polar surface area (TPSA) is 54.4 Å². The van der Waals surface area contributed by atoms with Gasteiger partial charge < -0.3 is 5.11 Å². The first-order valence-electron chi connectivity index (χ1n) is 4.97. The van der Waals surface area contributed by atoms with Crippen LogP contribution < -0.4 is 0 Å². The van der Waals surface area contributed by atoms with Crippen LogP contribution in [0.25, 0.3) is 0 Å². The molecule has 0 amide bonds. The number of sulfone groups is 1. The van der Waals surface area contributed by atoms with Crippen LogP contribution in [0.15, 0.2) is 17.0 Å². The van der Waals surface area contributed by atoms with E-state index in [-0.39, 0.29) is 10.5 Å². The van der Waals surface area contributed by atoms with Crippen molar-refractivity contribution in [2.24, 2.45) is 0 Å². The monoisotopic (exact) mass is 246 g/mol. The summed E-state index contributed by atoms with van der Waals surface area (Å²) in [6.07, 6.45) is 0.405. The van der Waals surface area contributed by atoms with Crippen LogP contribution in [0.1, 0.15) is 31.1 Å². The van der Waals surface area contributed by atoms with Crippen molar-refractivity contribution in [1.82, 2.24) is 0 Å². The van der Waals surface area contributed by atoms with Gasteiger partial charge >= 0.3 is 0 Å². The lowest BCUT2D eigenvalue weighted by atomic mass is 10.1. The molecule has 1 atom stereocenters. The number of hydrogen-bond acceptors (Lipinski definition) is 3. The minimum atomic E-state index is -3.53. The zero-order valence-electron chi connectivity index (χ0n) is 9.49. The predicted molar refractivity (Wildman–Crippen MR) is 59.5 cm³/mol. The first-order chi connectivity index (χ1) is 7.27. The Kier molecular flexibility index (Phi) is 3.70. The van der Waals surface area contributed by atoms with Crippen molar-refractivity contribution >= 4 is 9.84 Å². The highest BCUT2D eigenvalue weighted by molar-refractivity contribution is 7.90. The third-order valence-electron chi connectivity index (χ3n) is 2.38. The minimum Gasteiger partial charge on any atom is -0.389 e. The Labute approximate surface area is 94.8 Å². The average Bonchev–Trinajstić information content (AvgIpc) is 2.14. The van der Waals surface area contributed by atoms with E-state index in [1.54, 1.807) is 0 Å². The number of aliphatic hydroxyl groups excluding tert-OH is 1. The van der Waals surface area contributed by atoms with Gasteiger partial charge in [0.15, 0.2) is 9.84 Å². The van der Waals surface area contributed by atoms with Crippen molar-refractivity contribution in [2.45, 2.75) is 31.3 Å². The Morgan fingerprint density at radius 3 is 2.38 bits per heavy atom. The lowest BCUT2D eigenvalue weighted by molar-refractivity contribution is 0.190. The second-order valence-electron chi connectivity index (χ2n) is 3.79. The first-order valence-corrected chi connectivity index (χ1v) is 6.87. The van der Waals surface area contributed by atoms with Gasteiger partial charge in [-0.1, -0.05) is 6.92 Å². The maximum atomic E-state index is 13.7. The first kappa shape index (κ1) is 13.1. The largest absolute Gasteiger partial charge is 0.389 e. The minimum absolute atomic E-state index is 0.126. The Hall–Kier alpha value is -0.940.